The fourth-order valence-corrected chi connectivity index (χ4v) is 5.78. The van der Waals surface area contributed by atoms with Gasteiger partial charge in [-0.3, -0.25) is 4.79 Å². The molecule has 1 unspecified atom stereocenters. The van der Waals surface area contributed by atoms with Crippen LogP contribution in [0.25, 0.3) is 20.7 Å². The van der Waals surface area contributed by atoms with Crippen molar-refractivity contribution in [3.63, 3.8) is 0 Å². The molecule has 28 heavy (non-hydrogen) atoms. The Bertz CT molecular complexity index is 1080. The maximum absolute atomic E-state index is 13.3. The highest BCUT2D eigenvalue weighted by molar-refractivity contribution is 7.21. The van der Waals surface area contributed by atoms with E-state index in [-0.39, 0.29) is 17.8 Å². The number of thiophene rings is 2. The number of piperidine rings is 1. The van der Waals surface area contributed by atoms with Gasteiger partial charge >= 0.3 is 0 Å². The summed E-state index contributed by atoms with van der Waals surface area (Å²) < 4.78 is 0. The lowest BCUT2D eigenvalue weighted by Crippen LogP contribution is -2.43. The molecule has 4 heterocycles. The molecule has 1 atom stereocenters. The second-order valence-electron chi connectivity index (χ2n) is 6.92. The van der Waals surface area contributed by atoms with Crippen molar-refractivity contribution < 1.29 is 4.79 Å². The Morgan fingerprint density at radius 1 is 1.43 bits per heavy atom. The van der Waals surface area contributed by atoms with E-state index in [0.29, 0.717) is 31.9 Å². The van der Waals surface area contributed by atoms with E-state index in [9.17, 15) is 10.1 Å². The van der Waals surface area contributed by atoms with Crippen LogP contribution in [0.3, 0.4) is 0 Å². The first-order valence-electron chi connectivity index (χ1n) is 9.33. The average molecular weight is 412 g/mol. The second-order valence-corrected chi connectivity index (χ2v) is 8.86. The molecule has 4 rings (SSSR count). The van der Waals surface area contributed by atoms with Gasteiger partial charge in [-0.25, -0.2) is 4.98 Å². The van der Waals surface area contributed by atoms with Crippen LogP contribution in [-0.4, -0.2) is 28.4 Å². The molecular formula is C20H21N5OS2. The van der Waals surface area contributed by atoms with Crippen LogP contribution in [0.2, 0.25) is 0 Å². The molecule has 0 bridgehead atoms. The monoisotopic (exact) mass is 411 g/mol. The number of nitrogens with zero attached hydrogens (tertiary/aromatic N) is 3. The molecule has 0 aliphatic carbocycles. The molecule has 6 nitrogen and oxygen atoms in total. The number of nitrogens with two attached hydrogens (primary N) is 2. The molecule has 1 fully saturated rings. The Morgan fingerprint density at radius 2 is 2.25 bits per heavy atom. The molecule has 1 amide bonds. The van der Waals surface area contributed by atoms with E-state index in [1.165, 1.54) is 22.7 Å². The third-order valence-electron chi connectivity index (χ3n) is 5.34. The molecule has 1 aliphatic heterocycles. The number of nitrogen functional groups attached to an aromatic ring is 2. The fourth-order valence-electron chi connectivity index (χ4n) is 3.93. The topological polar surface area (TPSA) is 109 Å². The molecule has 0 spiro atoms. The predicted molar refractivity (Wildman–Crippen MR) is 115 cm³/mol. The van der Waals surface area contributed by atoms with Crippen molar-refractivity contribution in [2.45, 2.75) is 38.6 Å². The molecule has 8 heteroatoms. The number of aromatic nitrogens is 1. The zero-order chi connectivity index (χ0) is 19.8. The minimum absolute atomic E-state index is 0.0405. The zero-order valence-corrected chi connectivity index (χ0v) is 17.2. The summed E-state index contributed by atoms with van der Waals surface area (Å²) in [4.78, 5) is 21.7. The van der Waals surface area contributed by atoms with E-state index in [1.807, 2.05) is 22.4 Å². The summed E-state index contributed by atoms with van der Waals surface area (Å²) in [5, 5.41) is 12.3. The Kier molecular flexibility index (Phi) is 4.96. The largest absolute Gasteiger partial charge is 0.397 e. The van der Waals surface area contributed by atoms with E-state index in [2.05, 4.69) is 18.0 Å². The van der Waals surface area contributed by atoms with Gasteiger partial charge in [0.1, 0.15) is 27.2 Å². The molecule has 0 radical (unpaired) electrons. The summed E-state index contributed by atoms with van der Waals surface area (Å²) in [6.45, 7) is 2.86. The zero-order valence-electron chi connectivity index (χ0n) is 15.6. The van der Waals surface area contributed by atoms with Gasteiger partial charge in [0, 0.05) is 28.4 Å². The highest BCUT2D eigenvalue weighted by Gasteiger charge is 2.31. The first-order valence-corrected chi connectivity index (χ1v) is 11.0. The van der Waals surface area contributed by atoms with E-state index >= 15 is 0 Å². The number of carbonyl (C=O) groups is 1. The molecule has 144 valence electrons. The number of likely N-dealkylation sites (tertiary alicyclic amines) is 1. The smallest absolute Gasteiger partial charge is 0.266 e. The summed E-state index contributed by atoms with van der Waals surface area (Å²) >= 11 is 2.78. The number of anilines is 2. The lowest BCUT2D eigenvalue weighted by Gasteiger charge is -2.35. The minimum Gasteiger partial charge on any atom is -0.397 e. The summed E-state index contributed by atoms with van der Waals surface area (Å²) in [5.41, 5.74) is 13.9. The van der Waals surface area contributed by atoms with E-state index < -0.39 is 0 Å². The van der Waals surface area contributed by atoms with Crippen molar-refractivity contribution in [1.29, 1.82) is 5.26 Å². The molecule has 1 saturated heterocycles. The normalized spacial score (nSPS) is 17.0. The van der Waals surface area contributed by atoms with Crippen molar-refractivity contribution in [1.82, 2.24) is 9.88 Å². The first-order chi connectivity index (χ1) is 13.6. The third kappa shape index (κ3) is 2.91. The Hall–Kier alpha value is -2.63. The Balaban J connectivity index is 1.91. The van der Waals surface area contributed by atoms with Crippen LogP contribution in [-0.2, 0) is 0 Å². The molecule has 3 aromatic rings. The molecule has 1 aliphatic rings. The lowest BCUT2D eigenvalue weighted by molar-refractivity contribution is 0.0614. The third-order valence-corrected chi connectivity index (χ3v) is 7.31. The maximum Gasteiger partial charge on any atom is 0.266 e. The standard InChI is InChI=1S/C20H21N5OS2/c1-2-11-6-3-4-8-25(11)20(26)17-16(22)15-14(13-7-5-9-27-13)12(10-21)18(23)24-19(15)28-17/h5,7,9,11H,2-4,6,8,22H2,1H3,(H2,23,24). The maximum atomic E-state index is 13.3. The van der Waals surface area contributed by atoms with Crippen molar-refractivity contribution in [2.75, 3.05) is 18.0 Å². The average Bonchev–Trinajstić information content (AvgIpc) is 3.35. The number of hydrogen-bond donors (Lipinski definition) is 2. The molecule has 0 aromatic carbocycles. The highest BCUT2D eigenvalue weighted by atomic mass is 32.1. The van der Waals surface area contributed by atoms with Crippen molar-refractivity contribution in [2.24, 2.45) is 0 Å². The number of pyridine rings is 1. The molecule has 4 N–H and O–H groups in total. The van der Waals surface area contributed by atoms with Gasteiger partial charge in [-0.2, -0.15) is 5.26 Å². The van der Waals surface area contributed by atoms with E-state index in [4.69, 9.17) is 11.5 Å². The fraction of sp³-hybridized carbons (Fsp3) is 0.350. The number of fused-ring (bicyclic) bond motifs is 1. The van der Waals surface area contributed by atoms with Gasteiger partial charge in [0.05, 0.1) is 5.69 Å². The molecule has 0 saturated carbocycles. The van der Waals surface area contributed by atoms with Crippen LogP contribution in [0.4, 0.5) is 11.5 Å². The minimum atomic E-state index is -0.0405. The van der Waals surface area contributed by atoms with E-state index in [1.54, 1.807) is 0 Å². The SMILES string of the molecule is CCC1CCCCN1C(=O)c1sc2nc(N)c(C#N)c(-c3cccs3)c2c1N. The summed E-state index contributed by atoms with van der Waals surface area (Å²) in [5.74, 6) is 0.129. The van der Waals surface area contributed by atoms with Crippen LogP contribution < -0.4 is 11.5 Å². The van der Waals surface area contributed by atoms with Crippen LogP contribution in [0.15, 0.2) is 17.5 Å². The number of rotatable bonds is 3. The van der Waals surface area contributed by atoms with Gasteiger partial charge in [-0.1, -0.05) is 13.0 Å². The second kappa shape index (κ2) is 7.41. The summed E-state index contributed by atoms with van der Waals surface area (Å²) in [6.07, 6.45) is 4.12. The Labute approximate surface area is 171 Å². The van der Waals surface area contributed by atoms with Gasteiger partial charge in [0.2, 0.25) is 0 Å². The summed E-state index contributed by atoms with van der Waals surface area (Å²) in [6, 6.07) is 6.25. The van der Waals surface area contributed by atoms with Crippen molar-refractivity contribution >= 4 is 50.3 Å². The van der Waals surface area contributed by atoms with E-state index in [0.717, 1.165) is 37.1 Å². The highest BCUT2D eigenvalue weighted by Crippen LogP contribution is 2.44. The van der Waals surface area contributed by atoms with Crippen LogP contribution in [0, 0.1) is 11.3 Å². The Morgan fingerprint density at radius 3 is 2.93 bits per heavy atom. The van der Waals surface area contributed by atoms with Crippen molar-refractivity contribution in [3.8, 4) is 16.5 Å². The number of nitriles is 1. The van der Waals surface area contributed by atoms with Crippen LogP contribution in [0.5, 0.6) is 0 Å². The quantitative estimate of drug-likeness (QED) is 0.661. The number of amides is 1. The van der Waals surface area contributed by atoms with Crippen molar-refractivity contribution in [3.05, 3.63) is 28.0 Å². The predicted octanol–water partition coefficient (Wildman–Crippen LogP) is 4.47. The van der Waals surface area contributed by atoms with Crippen LogP contribution in [0.1, 0.15) is 47.8 Å². The molecular weight excluding hydrogens is 390 g/mol. The number of hydrogen-bond acceptors (Lipinski definition) is 7. The first kappa shape index (κ1) is 18.7. The van der Waals surface area contributed by atoms with Crippen LogP contribution >= 0.6 is 22.7 Å². The lowest BCUT2D eigenvalue weighted by atomic mass is 9.99. The number of carbonyl (C=O) groups excluding carboxylic acids is 1. The van der Waals surface area contributed by atoms with Gasteiger partial charge < -0.3 is 16.4 Å². The van der Waals surface area contributed by atoms with Gasteiger partial charge in [0.25, 0.3) is 5.91 Å². The molecule has 3 aromatic heterocycles. The van der Waals surface area contributed by atoms with Gasteiger partial charge in [-0.15, -0.1) is 22.7 Å². The van der Waals surface area contributed by atoms with Gasteiger partial charge in [-0.05, 0) is 37.1 Å². The summed E-state index contributed by atoms with van der Waals surface area (Å²) in [7, 11) is 0. The van der Waals surface area contributed by atoms with Gasteiger partial charge in [0.15, 0.2) is 0 Å².